The second-order valence-electron chi connectivity index (χ2n) is 6.86. The highest BCUT2D eigenvalue weighted by molar-refractivity contribution is 7.99. The maximum atomic E-state index is 13.5. The minimum Gasteiger partial charge on any atom is -0.495 e. The quantitative estimate of drug-likeness (QED) is 0.781. The van der Waals surface area contributed by atoms with E-state index in [2.05, 4.69) is 4.90 Å². The smallest absolute Gasteiger partial charge is 0.247 e. The number of hydrogen-bond acceptors (Lipinski definition) is 5. The molecule has 0 spiro atoms. The van der Waals surface area contributed by atoms with Crippen molar-refractivity contribution in [2.75, 3.05) is 44.8 Å². The van der Waals surface area contributed by atoms with Crippen LogP contribution in [0.5, 0.6) is 5.75 Å². The Balaban J connectivity index is 1.92. The van der Waals surface area contributed by atoms with Gasteiger partial charge in [-0.2, -0.15) is 16.1 Å². The van der Waals surface area contributed by atoms with Gasteiger partial charge in [0, 0.05) is 24.9 Å². The van der Waals surface area contributed by atoms with E-state index >= 15 is 0 Å². The van der Waals surface area contributed by atoms with Gasteiger partial charge in [0.15, 0.2) is 0 Å². The van der Waals surface area contributed by atoms with Gasteiger partial charge in [0.05, 0.1) is 7.11 Å². The highest BCUT2D eigenvalue weighted by Crippen LogP contribution is 2.31. The lowest BCUT2D eigenvalue weighted by Gasteiger charge is -2.32. The predicted octanol–water partition coefficient (Wildman–Crippen LogP) is 2.60. The fraction of sp³-hybridized carbons (Fsp3) is 0.667. The molecule has 2 aliphatic heterocycles. The van der Waals surface area contributed by atoms with Crippen LogP contribution < -0.4 is 4.74 Å². The molecule has 25 heavy (non-hydrogen) atoms. The summed E-state index contributed by atoms with van der Waals surface area (Å²) < 4.78 is 34.0. The van der Waals surface area contributed by atoms with Crippen LogP contribution in [0.2, 0.25) is 0 Å². The first-order valence-electron chi connectivity index (χ1n) is 8.99. The Morgan fingerprint density at radius 2 is 1.96 bits per heavy atom. The average molecular weight is 385 g/mol. The van der Waals surface area contributed by atoms with E-state index in [1.165, 1.54) is 20.0 Å². The zero-order valence-electron chi connectivity index (χ0n) is 15.1. The topological polar surface area (TPSA) is 49.9 Å². The van der Waals surface area contributed by atoms with Gasteiger partial charge in [-0.15, -0.1) is 0 Å². The molecule has 0 amide bonds. The SMILES string of the molecule is COc1ccc(C)cc1S(=O)(=O)N1CCCSCC1CN1CCCC1. The van der Waals surface area contributed by atoms with Crippen LogP contribution in [-0.2, 0) is 10.0 Å². The van der Waals surface area contributed by atoms with Gasteiger partial charge in [0.25, 0.3) is 0 Å². The summed E-state index contributed by atoms with van der Waals surface area (Å²) in [4.78, 5) is 2.71. The van der Waals surface area contributed by atoms with E-state index in [0.29, 0.717) is 17.2 Å². The van der Waals surface area contributed by atoms with E-state index in [9.17, 15) is 8.42 Å². The summed E-state index contributed by atoms with van der Waals surface area (Å²) in [6, 6.07) is 5.40. The number of rotatable bonds is 5. The van der Waals surface area contributed by atoms with Gasteiger partial charge >= 0.3 is 0 Å². The molecule has 0 saturated carbocycles. The molecule has 2 fully saturated rings. The molecule has 0 radical (unpaired) electrons. The fourth-order valence-corrected chi connectivity index (χ4v) is 6.69. The second kappa shape index (κ2) is 8.29. The molecule has 0 bridgehead atoms. The van der Waals surface area contributed by atoms with E-state index in [0.717, 1.165) is 43.1 Å². The Morgan fingerprint density at radius 1 is 1.20 bits per heavy atom. The Morgan fingerprint density at radius 3 is 2.68 bits per heavy atom. The number of aryl methyl sites for hydroxylation is 1. The first-order valence-corrected chi connectivity index (χ1v) is 11.6. The second-order valence-corrected chi connectivity index (χ2v) is 9.87. The number of benzene rings is 1. The molecule has 2 heterocycles. The molecule has 2 saturated heterocycles. The van der Waals surface area contributed by atoms with Crippen molar-refractivity contribution in [3.63, 3.8) is 0 Å². The summed E-state index contributed by atoms with van der Waals surface area (Å²) in [5.41, 5.74) is 0.930. The molecule has 0 aliphatic carbocycles. The molecule has 1 aromatic carbocycles. The third kappa shape index (κ3) is 4.32. The number of ether oxygens (including phenoxy) is 1. The Kier molecular flexibility index (Phi) is 6.30. The Labute approximate surface area is 155 Å². The molecule has 0 aromatic heterocycles. The molecular formula is C18H28N2O3S2. The third-order valence-corrected chi connectivity index (χ3v) is 8.13. The van der Waals surface area contributed by atoms with Crippen LogP contribution in [0.15, 0.2) is 23.1 Å². The molecular weight excluding hydrogens is 356 g/mol. The maximum Gasteiger partial charge on any atom is 0.247 e. The third-order valence-electron chi connectivity index (χ3n) is 4.96. The summed E-state index contributed by atoms with van der Waals surface area (Å²) in [7, 11) is -2.04. The van der Waals surface area contributed by atoms with Crippen molar-refractivity contribution >= 4 is 21.8 Å². The van der Waals surface area contributed by atoms with Crippen LogP contribution in [-0.4, -0.2) is 68.5 Å². The highest BCUT2D eigenvalue weighted by Gasteiger charge is 2.35. The van der Waals surface area contributed by atoms with Crippen molar-refractivity contribution in [1.29, 1.82) is 0 Å². The van der Waals surface area contributed by atoms with Crippen LogP contribution in [0.25, 0.3) is 0 Å². The number of likely N-dealkylation sites (tertiary alicyclic amines) is 1. The van der Waals surface area contributed by atoms with Crippen molar-refractivity contribution in [1.82, 2.24) is 9.21 Å². The van der Waals surface area contributed by atoms with Gasteiger partial charge in [-0.25, -0.2) is 8.42 Å². The molecule has 5 nitrogen and oxygen atoms in total. The van der Waals surface area contributed by atoms with Gasteiger partial charge in [-0.05, 0) is 62.7 Å². The van der Waals surface area contributed by atoms with E-state index in [1.54, 1.807) is 16.4 Å². The Hall–Kier alpha value is -0.760. The first-order chi connectivity index (χ1) is 12.0. The van der Waals surface area contributed by atoms with Crippen LogP contribution >= 0.6 is 11.8 Å². The summed E-state index contributed by atoms with van der Waals surface area (Å²) in [5, 5.41) is 0. The molecule has 0 N–H and O–H groups in total. The lowest BCUT2D eigenvalue weighted by Crippen LogP contribution is -2.47. The van der Waals surface area contributed by atoms with Crippen LogP contribution in [0, 0.1) is 6.92 Å². The summed E-state index contributed by atoms with van der Waals surface area (Å²) in [6.45, 7) is 5.51. The number of hydrogen-bond donors (Lipinski definition) is 0. The van der Waals surface area contributed by atoms with E-state index in [1.807, 2.05) is 24.8 Å². The van der Waals surface area contributed by atoms with Crippen LogP contribution in [0.1, 0.15) is 24.8 Å². The Bertz CT molecular complexity index is 688. The van der Waals surface area contributed by atoms with E-state index in [4.69, 9.17) is 4.74 Å². The first kappa shape index (κ1) is 19.0. The van der Waals surface area contributed by atoms with Gasteiger partial charge in [-0.1, -0.05) is 6.07 Å². The summed E-state index contributed by atoms with van der Waals surface area (Å²) >= 11 is 1.87. The van der Waals surface area contributed by atoms with Gasteiger partial charge in [0.2, 0.25) is 10.0 Å². The average Bonchev–Trinajstić information content (AvgIpc) is 2.98. The number of thioether (sulfide) groups is 1. The van der Waals surface area contributed by atoms with Crippen molar-refractivity contribution in [2.45, 2.75) is 37.1 Å². The van der Waals surface area contributed by atoms with Crippen LogP contribution in [0.3, 0.4) is 0 Å². The van der Waals surface area contributed by atoms with Crippen molar-refractivity contribution < 1.29 is 13.2 Å². The van der Waals surface area contributed by atoms with Gasteiger partial charge in [0.1, 0.15) is 10.6 Å². The number of methoxy groups -OCH3 is 1. The number of sulfonamides is 1. The standard InChI is InChI=1S/C18H28N2O3S2/c1-15-6-7-17(23-2)18(12-15)25(21,22)20-10-5-11-24-14-16(20)13-19-8-3-4-9-19/h6-7,12,16H,3-5,8-11,13-14H2,1-2H3. The minimum atomic E-state index is -3.57. The fourth-order valence-electron chi connectivity index (χ4n) is 3.64. The van der Waals surface area contributed by atoms with E-state index in [-0.39, 0.29) is 6.04 Å². The highest BCUT2D eigenvalue weighted by atomic mass is 32.2. The maximum absolute atomic E-state index is 13.5. The lowest BCUT2D eigenvalue weighted by atomic mass is 10.2. The molecule has 2 aliphatic rings. The number of nitrogens with zero attached hydrogens (tertiary/aromatic N) is 2. The zero-order valence-corrected chi connectivity index (χ0v) is 16.7. The van der Waals surface area contributed by atoms with Crippen molar-refractivity contribution in [3.05, 3.63) is 23.8 Å². The van der Waals surface area contributed by atoms with E-state index < -0.39 is 10.0 Å². The van der Waals surface area contributed by atoms with Crippen molar-refractivity contribution in [2.24, 2.45) is 0 Å². The minimum absolute atomic E-state index is 0.0285. The molecule has 3 rings (SSSR count). The molecule has 140 valence electrons. The normalized spacial score (nSPS) is 23.5. The van der Waals surface area contributed by atoms with Gasteiger partial charge < -0.3 is 9.64 Å². The predicted molar refractivity (Wildman–Crippen MR) is 103 cm³/mol. The monoisotopic (exact) mass is 384 g/mol. The zero-order chi connectivity index (χ0) is 17.9. The van der Waals surface area contributed by atoms with Crippen molar-refractivity contribution in [3.8, 4) is 5.75 Å². The van der Waals surface area contributed by atoms with Gasteiger partial charge in [-0.3, -0.25) is 0 Å². The van der Waals surface area contributed by atoms with Crippen LogP contribution in [0.4, 0.5) is 0 Å². The lowest BCUT2D eigenvalue weighted by molar-refractivity contribution is 0.243. The largest absolute Gasteiger partial charge is 0.495 e. The summed E-state index contributed by atoms with van der Waals surface area (Å²) in [5.74, 6) is 2.32. The molecule has 7 heteroatoms. The molecule has 1 atom stereocenters. The molecule has 1 aromatic rings. The summed E-state index contributed by atoms with van der Waals surface area (Å²) in [6.07, 6.45) is 3.34. The molecule has 1 unspecified atom stereocenters.